The van der Waals surface area contributed by atoms with Crippen LogP contribution in [0.3, 0.4) is 0 Å². The Morgan fingerprint density at radius 3 is 2.78 bits per heavy atom. The summed E-state index contributed by atoms with van der Waals surface area (Å²) in [5.41, 5.74) is 0.975. The van der Waals surface area contributed by atoms with E-state index in [0.29, 0.717) is 0 Å². The zero-order valence-corrected chi connectivity index (χ0v) is 12.1. The van der Waals surface area contributed by atoms with Crippen molar-refractivity contribution in [2.75, 3.05) is 13.1 Å². The molecule has 0 radical (unpaired) electrons. The van der Waals surface area contributed by atoms with Gasteiger partial charge in [-0.25, -0.2) is 0 Å². The number of hydrogen-bond acceptors (Lipinski definition) is 4. The number of aryl methyl sites for hydroxylation is 1. The molecule has 18 heavy (non-hydrogen) atoms. The minimum Gasteiger partial charge on any atom is -0.369 e. The number of aliphatic imine (C=N–C) groups is 1. The van der Waals surface area contributed by atoms with Crippen LogP contribution in [0.5, 0.6) is 0 Å². The smallest absolute Gasteiger partial charge is 0.142 e. The van der Waals surface area contributed by atoms with Gasteiger partial charge in [-0.1, -0.05) is 23.8 Å². The summed E-state index contributed by atoms with van der Waals surface area (Å²) >= 11 is 1.43. The van der Waals surface area contributed by atoms with Crippen LogP contribution in [-0.4, -0.2) is 28.5 Å². The highest BCUT2D eigenvalue weighted by molar-refractivity contribution is 7.08. The lowest BCUT2D eigenvalue weighted by atomic mass is 9.89. The fourth-order valence-corrected chi connectivity index (χ4v) is 3.06. The zero-order chi connectivity index (χ0) is 12.8. The molecule has 0 saturated heterocycles. The van der Waals surface area contributed by atoms with Crippen molar-refractivity contribution in [1.82, 2.24) is 14.9 Å². The molecule has 1 aliphatic rings. The molecule has 1 aromatic heterocycles. The summed E-state index contributed by atoms with van der Waals surface area (Å²) < 4.78 is 3.99. The SMILES string of the molecule is CCNC(=NCC1CCCCC1)c1snnc1C. The van der Waals surface area contributed by atoms with Crippen LogP contribution >= 0.6 is 11.5 Å². The van der Waals surface area contributed by atoms with E-state index in [4.69, 9.17) is 4.99 Å². The molecule has 100 valence electrons. The van der Waals surface area contributed by atoms with Gasteiger partial charge in [-0.3, -0.25) is 4.99 Å². The van der Waals surface area contributed by atoms with Crippen molar-refractivity contribution in [3.63, 3.8) is 0 Å². The predicted molar refractivity (Wildman–Crippen MR) is 76.3 cm³/mol. The number of hydrogen-bond donors (Lipinski definition) is 1. The Morgan fingerprint density at radius 2 is 2.17 bits per heavy atom. The standard InChI is InChI=1S/C13H22N4S/c1-3-14-13(12-10(2)16-17-18-12)15-9-11-7-5-4-6-8-11/h11H,3-9H2,1-2H3,(H,14,15). The normalized spacial score (nSPS) is 18.0. The average Bonchev–Trinajstić information content (AvgIpc) is 2.82. The molecular weight excluding hydrogens is 244 g/mol. The zero-order valence-electron chi connectivity index (χ0n) is 11.3. The van der Waals surface area contributed by atoms with E-state index in [0.717, 1.165) is 35.4 Å². The molecule has 4 nitrogen and oxygen atoms in total. The minimum atomic E-state index is 0.772. The summed E-state index contributed by atoms with van der Waals surface area (Å²) in [6.45, 7) is 5.92. The van der Waals surface area contributed by atoms with Crippen LogP contribution < -0.4 is 5.32 Å². The van der Waals surface area contributed by atoms with Crippen LogP contribution in [0.4, 0.5) is 0 Å². The van der Waals surface area contributed by atoms with Gasteiger partial charge >= 0.3 is 0 Å². The molecule has 0 atom stereocenters. The third kappa shape index (κ3) is 3.51. The summed E-state index contributed by atoms with van der Waals surface area (Å²) in [5.74, 6) is 1.75. The van der Waals surface area contributed by atoms with Gasteiger partial charge in [0.05, 0.1) is 5.69 Å². The summed E-state index contributed by atoms with van der Waals surface area (Å²) in [5, 5.41) is 7.41. The number of amidine groups is 1. The first-order chi connectivity index (χ1) is 8.81. The maximum atomic E-state index is 4.78. The van der Waals surface area contributed by atoms with E-state index in [1.54, 1.807) is 0 Å². The molecule has 0 bridgehead atoms. The molecule has 0 aromatic carbocycles. The van der Waals surface area contributed by atoms with E-state index < -0.39 is 0 Å². The van der Waals surface area contributed by atoms with E-state index in [9.17, 15) is 0 Å². The highest BCUT2D eigenvalue weighted by atomic mass is 32.1. The molecule has 1 fully saturated rings. The predicted octanol–water partition coefficient (Wildman–Crippen LogP) is 2.78. The Kier molecular flexibility index (Phi) is 5.11. The monoisotopic (exact) mass is 266 g/mol. The van der Waals surface area contributed by atoms with Crippen molar-refractivity contribution in [1.29, 1.82) is 0 Å². The number of rotatable bonds is 4. The number of nitrogens with one attached hydrogen (secondary N) is 1. The van der Waals surface area contributed by atoms with Gasteiger partial charge < -0.3 is 5.32 Å². The molecule has 0 spiro atoms. The molecule has 2 rings (SSSR count). The average molecular weight is 266 g/mol. The summed E-state index contributed by atoms with van der Waals surface area (Å²) in [7, 11) is 0. The Balaban J connectivity index is 2.02. The first-order valence-electron chi connectivity index (χ1n) is 6.89. The van der Waals surface area contributed by atoms with Gasteiger partial charge in [0.15, 0.2) is 0 Å². The highest BCUT2D eigenvalue weighted by Crippen LogP contribution is 2.24. The maximum Gasteiger partial charge on any atom is 0.142 e. The van der Waals surface area contributed by atoms with Gasteiger partial charge in [-0.05, 0) is 44.1 Å². The largest absolute Gasteiger partial charge is 0.369 e. The third-order valence-corrected chi connectivity index (χ3v) is 4.28. The number of nitrogens with zero attached hydrogens (tertiary/aromatic N) is 3. The molecule has 1 N–H and O–H groups in total. The van der Waals surface area contributed by atoms with Gasteiger partial charge in [0.1, 0.15) is 10.7 Å². The molecule has 1 saturated carbocycles. The van der Waals surface area contributed by atoms with Crippen molar-refractivity contribution < 1.29 is 0 Å². The summed E-state index contributed by atoms with van der Waals surface area (Å²) in [4.78, 5) is 5.87. The minimum absolute atomic E-state index is 0.772. The van der Waals surface area contributed by atoms with Gasteiger partial charge in [0, 0.05) is 13.1 Å². The van der Waals surface area contributed by atoms with E-state index in [2.05, 4.69) is 21.8 Å². The van der Waals surface area contributed by atoms with Gasteiger partial charge in [-0.2, -0.15) is 0 Å². The van der Waals surface area contributed by atoms with Crippen LogP contribution in [0.25, 0.3) is 0 Å². The van der Waals surface area contributed by atoms with Crippen molar-refractivity contribution >= 4 is 17.4 Å². The lowest BCUT2D eigenvalue weighted by molar-refractivity contribution is 0.367. The van der Waals surface area contributed by atoms with Crippen molar-refractivity contribution in [2.24, 2.45) is 10.9 Å². The third-order valence-electron chi connectivity index (χ3n) is 3.44. The van der Waals surface area contributed by atoms with Crippen LogP contribution in [0, 0.1) is 12.8 Å². The van der Waals surface area contributed by atoms with Crippen LogP contribution in [0.1, 0.15) is 49.6 Å². The Morgan fingerprint density at radius 1 is 1.39 bits per heavy atom. The van der Waals surface area contributed by atoms with Crippen molar-refractivity contribution in [3.8, 4) is 0 Å². The van der Waals surface area contributed by atoms with E-state index >= 15 is 0 Å². The molecule has 1 aliphatic carbocycles. The van der Waals surface area contributed by atoms with Crippen LogP contribution in [0.2, 0.25) is 0 Å². The lowest BCUT2D eigenvalue weighted by Gasteiger charge is -2.20. The second kappa shape index (κ2) is 6.83. The Labute approximate surface area is 113 Å². The van der Waals surface area contributed by atoms with Crippen molar-refractivity contribution in [3.05, 3.63) is 10.6 Å². The Hall–Kier alpha value is -0.970. The lowest BCUT2D eigenvalue weighted by Crippen LogP contribution is -2.25. The molecule has 5 heteroatoms. The molecule has 0 amide bonds. The molecule has 0 aliphatic heterocycles. The highest BCUT2D eigenvalue weighted by Gasteiger charge is 2.15. The summed E-state index contributed by atoms with van der Waals surface area (Å²) in [6, 6.07) is 0. The number of aromatic nitrogens is 2. The van der Waals surface area contributed by atoms with Crippen LogP contribution in [-0.2, 0) is 0 Å². The maximum absolute atomic E-state index is 4.78. The molecular formula is C13H22N4S. The van der Waals surface area contributed by atoms with E-state index in [1.807, 2.05) is 6.92 Å². The van der Waals surface area contributed by atoms with Crippen LogP contribution in [0.15, 0.2) is 4.99 Å². The molecule has 1 heterocycles. The Bertz CT molecular complexity index is 393. The van der Waals surface area contributed by atoms with E-state index in [-0.39, 0.29) is 0 Å². The second-order valence-corrected chi connectivity index (χ2v) is 5.67. The first-order valence-corrected chi connectivity index (χ1v) is 7.66. The fraction of sp³-hybridized carbons (Fsp3) is 0.769. The van der Waals surface area contributed by atoms with Gasteiger partial charge in [0.25, 0.3) is 0 Å². The summed E-state index contributed by atoms with van der Waals surface area (Å²) in [6.07, 6.45) is 6.82. The molecule has 1 aromatic rings. The van der Waals surface area contributed by atoms with Gasteiger partial charge in [0.2, 0.25) is 0 Å². The fourth-order valence-electron chi connectivity index (χ4n) is 2.41. The molecule has 0 unspecified atom stereocenters. The topological polar surface area (TPSA) is 50.2 Å². The second-order valence-electron chi connectivity index (χ2n) is 4.91. The van der Waals surface area contributed by atoms with Gasteiger partial charge in [-0.15, -0.1) is 5.10 Å². The first kappa shape index (κ1) is 13.5. The quantitative estimate of drug-likeness (QED) is 0.673. The van der Waals surface area contributed by atoms with Crippen molar-refractivity contribution in [2.45, 2.75) is 46.0 Å². The van der Waals surface area contributed by atoms with E-state index in [1.165, 1.54) is 43.6 Å².